The standard InChI is InChI=1S/C4H7N3.C3H4BrN3.C2H4BrN3.C2H6.CH3.W.2Y/c1-4-5-3-7(2)6-4;1-7-2-5-3(4)6-7;3-2(5)6-1-4;1-2;;;;/h3H,1-2H3;2H,1H3;1H,(H3,4,5,6);1-2H3;1H3;;;/q;;;;-1;;;. The van der Waals surface area contributed by atoms with Gasteiger partial charge in [0.15, 0.2) is 4.74 Å². The number of nitrogens with two attached hydrogens (primary N) is 1. The van der Waals surface area contributed by atoms with Gasteiger partial charge in [-0.1, -0.05) is 13.8 Å². The van der Waals surface area contributed by atoms with E-state index >= 15 is 0 Å². The fourth-order valence-electron chi connectivity index (χ4n) is 0.825. The van der Waals surface area contributed by atoms with Gasteiger partial charge in [0.1, 0.15) is 18.5 Å². The van der Waals surface area contributed by atoms with E-state index in [0.717, 1.165) is 12.2 Å². The van der Waals surface area contributed by atoms with Crippen LogP contribution in [0.25, 0.3) is 0 Å². The molecule has 2 rings (SSSR count). The zero-order chi connectivity index (χ0) is 17.5. The number of aromatic nitrogens is 6. The summed E-state index contributed by atoms with van der Waals surface area (Å²) in [6, 6.07) is 0. The van der Waals surface area contributed by atoms with Gasteiger partial charge in [-0.25, -0.2) is 15.0 Å². The van der Waals surface area contributed by atoms with Crippen molar-refractivity contribution in [1.82, 2.24) is 29.5 Å². The average Bonchev–Trinajstić information content (AvgIpc) is 3.01. The van der Waals surface area contributed by atoms with Gasteiger partial charge in [0.25, 0.3) is 0 Å². The van der Waals surface area contributed by atoms with Crippen molar-refractivity contribution in [3.8, 4) is 0 Å². The predicted molar refractivity (Wildman–Crippen MR) is 102 cm³/mol. The molecule has 0 amide bonds. The quantitative estimate of drug-likeness (QED) is 0.183. The summed E-state index contributed by atoms with van der Waals surface area (Å²) in [5.74, 6) is 0.822. The van der Waals surface area contributed by atoms with E-state index in [4.69, 9.17) is 11.1 Å². The average molecular weight is 816 g/mol. The van der Waals surface area contributed by atoms with E-state index < -0.39 is 0 Å². The normalized spacial score (nSPS) is 7.50. The molecule has 0 saturated heterocycles. The van der Waals surface area contributed by atoms with Crippen molar-refractivity contribution in [1.29, 1.82) is 5.41 Å². The number of aliphatic imine (C=N–C) groups is 1. The van der Waals surface area contributed by atoms with Crippen LogP contribution in [0.2, 0.25) is 0 Å². The number of hydrogen-bond donors (Lipinski definition) is 2. The summed E-state index contributed by atoms with van der Waals surface area (Å²) in [5.41, 5.74) is 4.77. The van der Waals surface area contributed by atoms with Crippen molar-refractivity contribution in [2.24, 2.45) is 24.8 Å². The van der Waals surface area contributed by atoms with E-state index in [-0.39, 0.29) is 98.7 Å². The summed E-state index contributed by atoms with van der Waals surface area (Å²) in [6.07, 6.45) is 4.36. The van der Waals surface area contributed by atoms with Crippen molar-refractivity contribution < 1.29 is 86.5 Å². The SMILES string of the molecule is CC.Cc1ncn(C)n1.Cn1cnc(Br)n1.N=C(Br)N=CN.[CH3-].[W].[Y].[Y]. The first-order valence-electron chi connectivity index (χ1n) is 6.16. The second-order valence-electron chi connectivity index (χ2n) is 3.22. The van der Waals surface area contributed by atoms with Crippen molar-refractivity contribution >= 4 is 42.9 Å². The van der Waals surface area contributed by atoms with Crippen LogP contribution in [0.15, 0.2) is 22.4 Å². The Balaban J connectivity index is -0.0000000514. The number of halogens is 2. The molecule has 3 N–H and O–H groups in total. The first kappa shape index (κ1) is 41.6. The van der Waals surface area contributed by atoms with Gasteiger partial charge in [0, 0.05) is 101 Å². The zero-order valence-corrected chi connectivity index (χ0v) is 27.5. The number of nitrogens with zero attached hydrogens (tertiary/aromatic N) is 7. The molecule has 26 heavy (non-hydrogen) atoms. The van der Waals surface area contributed by atoms with E-state index in [1.807, 2.05) is 34.9 Å². The minimum absolute atomic E-state index is 0. The van der Waals surface area contributed by atoms with Crippen LogP contribution in [0.4, 0.5) is 0 Å². The summed E-state index contributed by atoms with van der Waals surface area (Å²) < 4.78 is 3.99. The molecule has 0 unspecified atom stereocenters. The van der Waals surface area contributed by atoms with Crippen LogP contribution in [0, 0.1) is 19.8 Å². The molecule has 0 bridgehead atoms. The summed E-state index contributed by atoms with van der Waals surface area (Å²) in [4.78, 5) is 10.9. The van der Waals surface area contributed by atoms with E-state index in [9.17, 15) is 0 Å². The number of nitrogens with one attached hydrogen (secondary N) is 1. The molecule has 0 saturated carbocycles. The van der Waals surface area contributed by atoms with Gasteiger partial charge in [0.2, 0.25) is 4.73 Å². The Morgan fingerprint density at radius 3 is 1.65 bits per heavy atom. The molecule has 2 radical (unpaired) electrons. The molecule has 0 atom stereocenters. The number of amidine groups is 1. The fourth-order valence-corrected chi connectivity index (χ4v) is 1.29. The van der Waals surface area contributed by atoms with E-state index in [1.165, 1.54) is 0 Å². The van der Waals surface area contributed by atoms with Crippen LogP contribution in [0.5, 0.6) is 0 Å². The third-order valence-electron chi connectivity index (χ3n) is 1.47. The predicted octanol–water partition coefficient (Wildman–Crippen LogP) is 2.47. The van der Waals surface area contributed by atoms with Crippen LogP contribution in [0.3, 0.4) is 0 Å². The van der Waals surface area contributed by atoms with E-state index in [2.05, 4.69) is 57.0 Å². The van der Waals surface area contributed by atoms with Gasteiger partial charge < -0.3 is 13.2 Å². The minimum Gasteiger partial charge on any atom is -0.390 e. The number of hydrogen-bond acceptors (Lipinski definition) is 5. The largest absolute Gasteiger partial charge is 0.390 e. The van der Waals surface area contributed by atoms with Gasteiger partial charge in [-0.05, 0) is 38.8 Å². The van der Waals surface area contributed by atoms with Gasteiger partial charge in [0.05, 0.1) is 6.34 Å². The summed E-state index contributed by atoms with van der Waals surface area (Å²) in [7, 11) is 3.66. The van der Waals surface area contributed by atoms with Gasteiger partial charge in [-0.15, -0.1) is 5.10 Å². The van der Waals surface area contributed by atoms with Crippen LogP contribution in [-0.4, -0.2) is 40.6 Å². The van der Waals surface area contributed by atoms with Crippen LogP contribution in [0.1, 0.15) is 19.7 Å². The second-order valence-corrected chi connectivity index (χ2v) is 4.68. The maximum atomic E-state index is 6.53. The molecule has 9 nitrogen and oxygen atoms in total. The van der Waals surface area contributed by atoms with Crippen molar-refractivity contribution in [2.75, 3.05) is 0 Å². The van der Waals surface area contributed by atoms with Crippen LogP contribution in [-0.2, 0) is 101 Å². The molecule has 0 spiro atoms. The Hall–Kier alpha value is 1.28. The number of aryl methyl sites for hydroxylation is 3. The molecular weight excluding hydrogens is 792 g/mol. The topological polar surface area (TPSA) is 124 Å². The van der Waals surface area contributed by atoms with E-state index in [1.54, 1.807) is 22.0 Å². The van der Waals surface area contributed by atoms with Gasteiger partial charge in [-0.3, -0.25) is 14.8 Å². The maximum absolute atomic E-state index is 6.53. The molecule has 0 aliphatic heterocycles. The van der Waals surface area contributed by atoms with Gasteiger partial charge in [-0.2, -0.15) is 5.10 Å². The monoisotopic (exact) mass is 814 g/mol. The molecule has 0 aliphatic carbocycles. The first-order chi connectivity index (χ1) is 10.3. The Kier molecular flexibility index (Phi) is 45.6. The third-order valence-corrected chi connectivity index (χ3v) is 2.04. The van der Waals surface area contributed by atoms with Gasteiger partial charge >= 0.3 is 0 Å². The minimum atomic E-state index is 0. The van der Waals surface area contributed by atoms with Crippen LogP contribution < -0.4 is 5.73 Å². The summed E-state index contributed by atoms with van der Waals surface area (Å²) >= 11 is 5.83. The summed E-state index contributed by atoms with van der Waals surface area (Å²) in [5, 5.41) is 14.3. The van der Waals surface area contributed by atoms with E-state index in [0.29, 0.717) is 4.73 Å². The first-order valence-corrected chi connectivity index (χ1v) is 7.75. The Labute approximate surface area is 237 Å². The molecule has 0 aliphatic rings. The molecule has 2 heterocycles. The van der Waals surface area contributed by atoms with Crippen molar-refractivity contribution in [2.45, 2.75) is 20.8 Å². The molecule has 2 aromatic heterocycles. The van der Waals surface area contributed by atoms with Crippen molar-refractivity contribution in [3.63, 3.8) is 0 Å². The third kappa shape index (κ3) is 30.0. The Morgan fingerprint density at radius 2 is 1.58 bits per heavy atom. The Morgan fingerprint density at radius 1 is 1.15 bits per heavy atom. The van der Waals surface area contributed by atoms with Crippen molar-refractivity contribution in [3.05, 3.63) is 30.6 Å². The molecular formula is C12H24Br2N9WY2-. The summed E-state index contributed by atoms with van der Waals surface area (Å²) in [6.45, 7) is 5.86. The smallest absolute Gasteiger partial charge is 0.217 e. The molecule has 14 heteroatoms. The molecule has 0 aromatic carbocycles. The number of rotatable bonds is 0. The molecule has 144 valence electrons. The maximum Gasteiger partial charge on any atom is 0.217 e. The second kappa shape index (κ2) is 28.5. The molecule has 2 aromatic rings. The fraction of sp³-hybridized carbons (Fsp3) is 0.417. The van der Waals surface area contributed by atoms with Crippen LogP contribution >= 0.6 is 31.9 Å². The Bertz CT molecular complexity index is 493. The molecule has 0 fully saturated rings. The zero-order valence-electron chi connectivity index (χ0n) is 15.8.